The summed E-state index contributed by atoms with van der Waals surface area (Å²) in [6, 6.07) is 16.3. The predicted molar refractivity (Wildman–Crippen MR) is 188 cm³/mol. The van der Waals surface area contributed by atoms with Crippen molar-refractivity contribution in [2.24, 2.45) is 14.1 Å². The molecular weight excluding hydrogens is 713 g/mol. The standard InChI is InChI=1S/C13H18BN5O2.C13H11FN6.C6H5BrFN/c1-12(2)13(3,4)21-14(20-12)9-6-7-10(15-8-9)11-16-18-19(5)17-11;1-20-18-13(17-19-20)12-5-2-8(7-16-12)10-4-3-9(15)6-11(10)14;7-5-2-1-4(9)3-6(5)8/h6-8H,1-5H3;2-7H,15H2,1H3;1-3H,9H2. The van der Waals surface area contributed by atoms with Crippen molar-refractivity contribution in [2.75, 3.05) is 11.5 Å². The zero-order valence-electron chi connectivity index (χ0n) is 28.1. The summed E-state index contributed by atoms with van der Waals surface area (Å²) >= 11 is 3.00. The third kappa shape index (κ3) is 8.50. The lowest BCUT2D eigenvalue weighted by molar-refractivity contribution is 0.00578. The van der Waals surface area contributed by atoms with Gasteiger partial charge in [0.15, 0.2) is 0 Å². The van der Waals surface area contributed by atoms with Gasteiger partial charge in [0.25, 0.3) is 0 Å². The van der Waals surface area contributed by atoms with Crippen LogP contribution in [0, 0.1) is 11.6 Å². The van der Waals surface area contributed by atoms with E-state index < -0.39 is 7.12 Å². The van der Waals surface area contributed by atoms with Crippen molar-refractivity contribution in [3.05, 3.63) is 89.2 Å². The number of hydrogen-bond acceptors (Lipinski definition) is 12. The Hall–Kier alpha value is -5.20. The number of nitrogens with zero attached hydrogens (tertiary/aromatic N) is 10. The minimum Gasteiger partial charge on any atom is -0.399 e. The molecule has 258 valence electrons. The summed E-state index contributed by atoms with van der Waals surface area (Å²) in [4.78, 5) is 11.3. The van der Waals surface area contributed by atoms with Gasteiger partial charge in [-0.15, -0.1) is 20.4 Å². The van der Waals surface area contributed by atoms with Crippen molar-refractivity contribution < 1.29 is 18.1 Å². The first kappa shape index (κ1) is 36.1. The number of anilines is 2. The molecule has 1 saturated heterocycles. The van der Waals surface area contributed by atoms with Gasteiger partial charge in [0, 0.05) is 40.4 Å². The minimum absolute atomic E-state index is 0.324. The molecule has 18 heteroatoms. The van der Waals surface area contributed by atoms with E-state index in [0.29, 0.717) is 50.0 Å². The molecule has 0 radical (unpaired) electrons. The summed E-state index contributed by atoms with van der Waals surface area (Å²) in [7, 11) is 2.98. The molecule has 0 unspecified atom stereocenters. The molecule has 6 aromatic rings. The Kier molecular flexibility index (Phi) is 10.6. The Labute approximate surface area is 295 Å². The maximum absolute atomic E-state index is 13.8. The minimum atomic E-state index is -0.411. The first-order valence-electron chi connectivity index (χ1n) is 15.1. The second-order valence-corrected chi connectivity index (χ2v) is 13.0. The van der Waals surface area contributed by atoms with E-state index in [1.165, 1.54) is 21.7 Å². The van der Waals surface area contributed by atoms with E-state index in [1.807, 2.05) is 39.8 Å². The molecule has 2 aromatic carbocycles. The lowest BCUT2D eigenvalue weighted by Gasteiger charge is -2.32. The molecule has 5 heterocycles. The van der Waals surface area contributed by atoms with E-state index in [2.05, 4.69) is 56.7 Å². The van der Waals surface area contributed by atoms with Crippen molar-refractivity contribution in [3.8, 4) is 34.2 Å². The average molecular weight is 747 g/mol. The van der Waals surface area contributed by atoms with Gasteiger partial charge in [-0.1, -0.05) is 12.1 Å². The largest absolute Gasteiger partial charge is 0.496 e. The molecule has 0 bridgehead atoms. The number of halogens is 3. The number of nitrogens with two attached hydrogens (primary N) is 2. The quantitative estimate of drug-likeness (QED) is 0.192. The lowest BCUT2D eigenvalue weighted by atomic mass is 9.80. The van der Waals surface area contributed by atoms with E-state index in [0.717, 1.165) is 5.46 Å². The van der Waals surface area contributed by atoms with Crippen LogP contribution in [0.5, 0.6) is 0 Å². The van der Waals surface area contributed by atoms with E-state index in [4.69, 9.17) is 20.8 Å². The van der Waals surface area contributed by atoms with Crippen molar-refractivity contribution in [2.45, 2.75) is 38.9 Å². The predicted octanol–water partition coefficient (Wildman–Crippen LogP) is 4.40. The van der Waals surface area contributed by atoms with Crippen LogP contribution in [0.15, 0.2) is 77.5 Å². The lowest BCUT2D eigenvalue weighted by Crippen LogP contribution is -2.41. The number of aryl methyl sites for hydroxylation is 2. The third-order valence-corrected chi connectivity index (χ3v) is 8.44. The van der Waals surface area contributed by atoms with E-state index in [1.54, 1.807) is 62.9 Å². The maximum atomic E-state index is 13.8. The van der Waals surface area contributed by atoms with E-state index in [-0.39, 0.29) is 22.8 Å². The van der Waals surface area contributed by atoms with Crippen molar-refractivity contribution in [1.29, 1.82) is 0 Å². The van der Waals surface area contributed by atoms with Gasteiger partial charge in [-0.3, -0.25) is 9.97 Å². The Bertz CT molecular complexity index is 2060. The fourth-order valence-corrected chi connectivity index (χ4v) is 4.64. The van der Waals surface area contributed by atoms with Gasteiger partial charge < -0.3 is 20.8 Å². The molecular formula is C32H34BBrF2N12O2. The van der Waals surface area contributed by atoms with Crippen LogP contribution in [-0.4, -0.2) is 68.7 Å². The fraction of sp³-hybridized carbons (Fsp3) is 0.250. The van der Waals surface area contributed by atoms with Gasteiger partial charge in [0.2, 0.25) is 11.6 Å². The number of aromatic nitrogens is 10. The molecule has 4 aromatic heterocycles. The van der Waals surface area contributed by atoms with Crippen LogP contribution < -0.4 is 16.9 Å². The SMILES string of the molecule is Cn1nnc(-c2ccc(-c3ccc(N)cc3F)cn2)n1.Cn1nnc(-c2ccc(B3OC(C)(C)C(C)(C)O3)cn2)n1.Nc1ccc(Br)c(F)c1. The Balaban J connectivity index is 0.000000157. The first-order chi connectivity index (χ1) is 23.6. The molecule has 1 aliphatic rings. The van der Waals surface area contributed by atoms with Gasteiger partial charge in [0.1, 0.15) is 23.0 Å². The van der Waals surface area contributed by atoms with Crippen LogP contribution in [0.2, 0.25) is 0 Å². The molecule has 0 atom stereocenters. The highest BCUT2D eigenvalue weighted by Crippen LogP contribution is 2.36. The number of nitrogen functional groups attached to an aromatic ring is 2. The molecule has 0 aliphatic carbocycles. The topological polar surface area (TPSA) is 183 Å². The van der Waals surface area contributed by atoms with Crippen molar-refractivity contribution in [3.63, 3.8) is 0 Å². The van der Waals surface area contributed by atoms with E-state index >= 15 is 0 Å². The molecule has 50 heavy (non-hydrogen) atoms. The average Bonchev–Trinajstić information content (AvgIpc) is 3.76. The zero-order valence-corrected chi connectivity index (χ0v) is 29.7. The summed E-state index contributed by atoms with van der Waals surface area (Å²) < 4.78 is 38.7. The second kappa shape index (κ2) is 14.7. The van der Waals surface area contributed by atoms with Crippen LogP contribution in [0.1, 0.15) is 27.7 Å². The van der Waals surface area contributed by atoms with E-state index in [9.17, 15) is 8.78 Å². The number of benzene rings is 2. The number of tetrazole rings is 2. The molecule has 1 aliphatic heterocycles. The van der Waals surface area contributed by atoms with Gasteiger partial charge in [-0.05, 0) is 103 Å². The summed E-state index contributed by atoms with van der Waals surface area (Å²) in [5, 5.41) is 23.5. The van der Waals surface area contributed by atoms with Crippen molar-refractivity contribution in [1.82, 2.24) is 50.4 Å². The van der Waals surface area contributed by atoms with Crippen LogP contribution >= 0.6 is 15.9 Å². The van der Waals surface area contributed by atoms with Gasteiger partial charge in [0.05, 0.1) is 29.8 Å². The summed E-state index contributed by atoms with van der Waals surface area (Å²) in [5.41, 5.74) is 14.1. The highest BCUT2D eigenvalue weighted by molar-refractivity contribution is 9.10. The molecule has 0 amide bonds. The smallest absolute Gasteiger partial charge is 0.399 e. The van der Waals surface area contributed by atoms with Crippen LogP contribution in [0.25, 0.3) is 34.2 Å². The molecule has 1 fully saturated rings. The van der Waals surface area contributed by atoms with Gasteiger partial charge >= 0.3 is 7.12 Å². The summed E-state index contributed by atoms with van der Waals surface area (Å²) in [6.45, 7) is 8.10. The Morgan fingerprint density at radius 2 is 1.22 bits per heavy atom. The summed E-state index contributed by atoms with van der Waals surface area (Å²) in [6.07, 6.45) is 3.30. The molecule has 0 spiro atoms. The molecule has 4 N–H and O–H groups in total. The van der Waals surface area contributed by atoms with Gasteiger partial charge in [-0.25, -0.2) is 8.78 Å². The maximum Gasteiger partial charge on any atom is 0.496 e. The zero-order chi connectivity index (χ0) is 36.2. The van der Waals surface area contributed by atoms with Crippen LogP contribution in [0.3, 0.4) is 0 Å². The number of pyridine rings is 2. The monoisotopic (exact) mass is 746 g/mol. The molecule has 0 saturated carbocycles. The molecule has 14 nitrogen and oxygen atoms in total. The number of hydrogen-bond donors (Lipinski definition) is 2. The molecule has 7 rings (SSSR count). The van der Waals surface area contributed by atoms with Crippen LogP contribution in [-0.2, 0) is 23.4 Å². The van der Waals surface area contributed by atoms with Crippen LogP contribution in [0.4, 0.5) is 20.2 Å². The fourth-order valence-electron chi connectivity index (χ4n) is 4.39. The number of rotatable bonds is 4. The second-order valence-electron chi connectivity index (χ2n) is 12.1. The highest BCUT2D eigenvalue weighted by Gasteiger charge is 2.51. The summed E-state index contributed by atoms with van der Waals surface area (Å²) in [5.74, 6) is 0.224. The highest BCUT2D eigenvalue weighted by atomic mass is 79.9. The van der Waals surface area contributed by atoms with Crippen molar-refractivity contribution >= 4 is 39.9 Å². The normalized spacial score (nSPS) is 14.4. The third-order valence-electron chi connectivity index (χ3n) is 7.80. The Morgan fingerprint density at radius 1 is 0.700 bits per heavy atom. The van der Waals surface area contributed by atoms with Gasteiger partial charge in [-0.2, -0.15) is 9.59 Å². The Morgan fingerprint density at radius 3 is 1.64 bits per heavy atom. The first-order valence-corrected chi connectivity index (χ1v) is 15.9.